The van der Waals surface area contributed by atoms with Crippen LogP contribution in [0.4, 0.5) is 11.8 Å². The Balaban J connectivity index is 2.48. The number of nitrogens with one attached hydrogen (secondary N) is 3. The number of aromatic nitrogens is 2. The van der Waals surface area contributed by atoms with Crippen molar-refractivity contribution in [2.24, 2.45) is 0 Å². The first-order chi connectivity index (χ1) is 8.40. The van der Waals surface area contributed by atoms with Crippen LogP contribution in [-0.4, -0.2) is 34.5 Å². The number of carbonyl (C=O) groups excluding carboxylic acids is 1. The molecule has 1 rings (SSSR count). The van der Waals surface area contributed by atoms with Gasteiger partial charge in [-0.05, 0) is 33.8 Å². The molecule has 0 aromatic carbocycles. The average molecular weight is 251 g/mol. The lowest BCUT2D eigenvalue weighted by Gasteiger charge is -2.20. The first kappa shape index (κ1) is 14.2. The second-order valence-electron chi connectivity index (χ2n) is 4.95. The molecule has 0 fully saturated rings. The average Bonchev–Trinajstić information content (AvgIpc) is 2.25. The molecule has 1 amide bonds. The Kier molecular flexibility index (Phi) is 4.88. The molecular weight excluding hydrogens is 230 g/mol. The quantitative estimate of drug-likeness (QED) is 0.733. The molecule has 0 atom stereocenters. The molecule has 0 unspecified atom stereocenters. The van der Waals surface area contributed by atoms with Crippen molar-refractivity contribution >= 4 is 17.7 Å². The lowest BCUT2D eigenvalue weighted by atomic mass is 10.1. The van der Waals surface area contributed by atoms with E-state index in [1.807, 2.05) is 27.7 Å². The Labute approximate surface area is 108 Å². The van der Waals surface area contributed by atoms with Gasteiger partial charge in [-0.15, -0.1) is 0 Å². The molecule has 0 radical (unpaired) electrons. The highest BCUT2D eigenvalue weighted by molar-refractivity contribution is 5.80. The van der Waals surface area contributed by atoms with Gasteiger partial charge in [0.1, 0.15) is 5.82 Å². The predicted octanol–water partition coefficient (Wildman–Crippen LogP) is 1.23. The Morgan fingerprint density at radius 3 is 2.67 bits per heavy atom. The van der Waals surface area contributed by atoms with Gasteiger partial charge in [0.15, 0.2) is 0 Å². The van der Waals surface area contributed by atoms with E-state index in [9.17, 15) is 4.79 Å². The summed E-state index contributed by atoms with van der Waals surface area (Å²) in [7, 11) is 0. The third-order valence-electron chi connectivity index (χ3n) is 1.93. The van der Waals surface area contributed by atoms with E-state index < -0.39 is 0 Å². The summed E-state index contributed by atoms with van der Waals surface area (Å²) in [4.78, 5) is 19.9. The zero-order valence-electron chi connectivity index (χ0n) is 11.4. The van der Waals surface area contributed by atoms with Crippen LogP contribution in [0.5, 0.6) is 0 Å². The smallest absolute Gasteiger partial charge is 0.239 e. The molecule has 18 heavy (non-hydrogen) atoms. The van der Waals surface area contributed by atoms with E-state index >= 15 is 0 Å². The van der Waals surface area contributed by atoms with Crippen LogP contribution >= 0.6 is 0 Å². The third-order valence-corrected chi connectivity index (χ3v) is 1.93. The lowest BCUT2D eigenvalue weighted by molar-refractivity contribution is -0.120. The standard InChI is InChI=1S/C12H21N5O/c1-5-13-9-6-7-14-11(16-9)15-8-10(18)17-12(2,3)4/h6-7H,5,8H2,1-4H3,(H,17,18)(H2,13,14,15,16). The second-order valence-corrected chi connectivity index (χ2v) is 4.95. The van der Waals surface area contributed by atoms with Crippen molar-refractivity contribution in [1.82, 2.24) is 15.3 Å². The molecule has 0 saturated carbocycles. The molecule has 0 saturated heterocycles. The number of rotatable bonds is 5. The van der Waals surface area contributed by atoms with Crippen molar-refractivity contribution < 1.29 is 4.79 Å². The van der Waals surface area contributed by atoms with Crippen molar-refractivity contribution in [2.75, 3.05) is 23.7 Å². The highest BCUT2D eigenvalue weighted by atomic mass is 16.2. The van der Waals surface area contributed by atoms with E-state index in [1.54, 1.807) is 12.3 Å². The molecule has 0 aliphatic carbocycles. The Bertz CT molecular complexity index is 400. The minimum Gasteiger partial charge on any atom is -0.370 e. The summed E-state index contributed by atoms with van der Waals surface area (Å²) in [5, 5.41) is 8.83. The van der Waals surface area contributed by atoms with E-state index in [-0.39, 0.29) is 18.0 Å². The number of nitrogens with zero attached hydrogens (tertiary/aromatic N) is 2. The number of amides is 1. The van der Waals surface area contributed by atoms with Gasteiger partial charge < -0.3 is 16.0 Å². The molecule has 100 valence electrons. The third kappa shape index (κ3) is 5.47. The molecule has 0 bridgehead atoms. The molecule has 6 heteroatoms. The van der Waals surface area contributed by atoms with Crippen LogP contribution in [0.3, 0.4) is 0 Å². The minimum absolute atomic E-state index is 0.0834. The summed E-state index contributed by atoms with van der Waals surface area (Å²) in [6, 6.07) is 1.78. The molecule has 1 aromatic heterocycles. The van der Waals surface area contributed by atoms with E-state index in [4.69, 9.17) is 0 Å². The Morgan fingerprint density at radius 2 is 2.06 bits per heavy atom. The molecule has 1 heterocycles. The zero-order chi connectivity index (χ0) is 13.6. The van der Waals surface area contributed by atoms with Crippen LogP contribution in [0.1, 0.15) is 27.7 Å². The summed E-state index contributed by atoms with van der Waals surface area (Å²) >= 11 is 0. The van der Waals surface area contributed by atoms with Gasteiger partial charge in [0.05, 0.1) is 6.54 Å². The van der Waals surface area contributed by atoms with E-state index in [1.165, 1.54) is 0 Å². The normalized spacial score (nSPS) is 10.9. The van der Waals surface area contributed by atoms with Gasteiger partial charge in [-0.2, -0.15) is 4.98 Å². The van der Waals surface area contributed by atoms with Gasteiger partial charge in [0.2, 0.25) is 11.9 Å². The van der Waals surface area contributed by atoms with Crippen LogP contribution in [0.15, 0.2) is 12.3 Å². The summed E-state index contributed by atoms with van der Waals surface area (Å²) in [6.45, 7) is 8.76. The fourth-order valence-electron chi connectivity index (χ4n) is 1.35. The van der Waals surface area contributed by atoms with Crippen molar-refractivity contribution in [3.05, 3.63) is 12.3 Å². The fraction of sp³-hybridized carbons (Fsp3) is 0.583. The van der Waals surface area contributed by atoms with Gasteiger partial charge in [0, 0.05) is 18.3 Å². The highest BCUT2D eigenvalue weighted by Crippen LogP contribution is 2.05. The van der Waals surface area contributed by atoms with Gasteiger partial charge >= 0.3 is 0 Å². The molecule has 0 aliphatic heterocycles. The van der Waals surface area contributed by atoms with Gasteiger partial charge in [-0.1, -0.05) is 0 Å². The second kappa shape index (κ2) is 6.18. The first-order valence-corrected chi connectivity index (χ1v) is 6.02. The fourth-order valence-corrected chi connectivity index (χ4v) is 1.35. The van der Waals surface area contributed by atoms with Crippen LogP contribution in [0, 0.1) is 0 Å². The minimum atomic E-state index is -0.231. The predicted molar refractivity (Wildman–Crippen MR) is 72.6 cm³/mol. The van der Waals surface area contributed by atoms with Crippen LogP contribution in [0.25, 0.3) is 0 Å². The van der Waals surface area contributed by atoms with Crippen LogP contribution < -0.4 is 16.0 Å². The number of anilines is 2. The van der Waals surface area contributed by atoms with Gasteiger partial charge in [-0.25, -0.2) is 4.98 Å². The van der Waals surface area contributed by atoms with Crippen molar-refractivity contribution in [1.29, 1.82) is 0 Å². The first-order valence-electron chi connectivity index (χ1n) is 6.02. The topological polar surface area (TPSA) is 78.9 Å². The SMILES string of the molecule is CCNc1ccnc(NCC(=O)NC(C)(C)C)n1. The van der Waals surface area contributed by atoms with E-state index in [0.29, 0.717) is 5.95 Å². The molecular formula is C12H21N5O. The monoisotopic (exact) mass is 251 g/mol. The molecule has 0 spiro atoms. The summed E-state index contributed by atoms with van der Waals surface area (Å²) < 4.78 is 0. The summed E-state index contributed by atoms with van der Waals surface area (Å²) in [5.74, 6) is 1.10. The zero-order valence-corrected chi connectivity index (χ0v) is 11.4. The number of hydrogen-bond donors (Lipinski definition) is 3. The Morgan fingerprint density at radius 1 is 1.33 bits per heavy atom. The molecule has 1 aromatic rings. The maximum absolute atomic E-state index is 11.6. The van der Waals surface area contributed by atoms with Gasteiger partial charge in [0.25, 0.3) is 0 Å². The molecule has 0 aliphatic rings. The van der Waals surface area contributed by atoms with Gasteiger partial charge in [-0.3, -0.25) is 4.79 Å². The van der Waals surface area contributed by atoms with E-state index in [2.05, 4.69) is 25.9 Å². The van der Waals surface area contributed by atoms with Crippen LogP contribution in [0.2, 0.25) is 0 Å². The van der Waals surface area contributed by atoms with E-state index in [0.717, 1.165) is 12.4 Å². The lowest BCUT2D eigenvalue weighted by Crippen LogP contribution is -2.43. The Hall–Kier alpha value is -1.85. The number of carbonyl (C=O) groups is 1. The summed E-state index contributed by atoms with van der Waals surface area (Å²) in [5.41, 5.74) is -0.231. The van der Waals surface area contributed by atoms with Crippen molar-refractivity contribution in [2.45, 2.75) is 33.2 Å². The van der Waals surface area contributed by atoms with Crippen LogP contribution in [-0.2, 0) is 4.79 Å². The molecule has 6 nitrogen and oxygen atoms in total. The summed E-state index contributed by atoms with van der Waals surface area (Å²) in [6.07, 6.45) is 1.65. The highest BCUT2D eigenvalue weighted by Gasteiger charge is 2.13. The number of hydrogen-bond acceptors (Lipinski definition) is 5. The molecule has 3 N–H and O–H groups in total. The van der Waals surface area contributed by atoms with Crippen molar-refractivity contribution in [3.8, 4) is 0 Å². The maximum atomic E-state index is 11.6. The largest absolute Gasteiger partial charge is 0.370 e. The van der Waals surface area contributed by atoms with Crippen molar-refractivity contribution in [3.63, 3.8) is 0 Å². The maximum Gasteiger partial charge on any atom is 0.239 e.